The average Bonchev–Trinajstić information content (AvgIpc) is 3.89. The van der Waals surface area contributed by atoms with Crippen molar-refractivity contribution in [3.05, 3.63) is 222 Å². The molecule has 0 saturated carbocycles. The number of rotatable bonds is 6. The molecule has 0 amide bonds. The average molecular weight is 796 g/mol. The number of nitrogens with zero attached hydrogens (tertiary/aromatic N) is 1. The number of hydrogen-bond acceptors (Lipinski definition) is 2. The van der Waals surface area contributed by atoms with Gasteiger partial charge in [-0.1, -0.05) is 179 Å². The van der Waals surface area contributed by atoms with Gasteiger partial charge in [0.05, 0.1) is 11.4 Å². The molecule has 2 heteroatoms. The fraction of sp³-hybridized carbons (Fsp3) is 0.100. The highest BCUT2D eigenvalue weighted by Gasteiger charge is 2.38. The quantitative estimate of drug-likeness (QED) is 0.167. The predicted octanol–water partition coefficient (Wildman–Crippen LogP) is 16.7. The second kappa shape index (κ2) is 13.5. The van der Waals surface area contributed by atoms with E-state index in [1.165, 1.54) is 66.8 Å². The number of furan rings is 1. The minimum Gasteiger partial charge on any atom is -0.456 e. The van der Waals surface area contributed by atoms with Crippen LogP contribution in [0.3, 0.4) is 0 Å². The molecule has 0 atom stereocenters. The minimum absolute atomic E-state index is 0.106. The Morgan fingerprint density at radius 2 is 0.871 bits per heavy atom. The molecule has 296 valence electrons. The van der Waals surface area contributed by atoms with Gasteiger partial charge in [-0.05, 0) is 115 Å². The number of anilines is 3. The summed E-state index contributed by atoms with van der Waals surface area (Å²) in [6.07, 6.45) is 0. The lowest BCUT2D eigenvalue weighted by molar-refractivity contribution is 0.660. The summed E-state index contributed by atoms with van der Waals surface area (Å²) in [4.78, 5) is 2.48. The van der Waals surface area contributed by atoms with Gasteiger partial charge in [0.2, 0.25) is 0 Å². The zero-order chi connectivity index (χ0) is 41.7. The van der Waals surface area contributed by atoms with E-state index in [1.54, 1.807) is 0 Å². The zero-order valence-corrected chi connectivity index (χ0v) is 35.4. The van der Waals surface area contributed by atoms with Crippen LogP contribution in [-0.4, -0.2) is 0 Å². The fourth-order valence-corrected chi connectivity index (χ4v) is 10.8. The maximum atomic E-state index is 6.32. The molecule has 2 aliphatic rings. The lowest BCUT2D eigenvalue weighted by atomic mass is 9.81. The van der Waals surface area contributed by atoms with E-state index >= 15 is 0 Å². The summed E-state index contributed by atoms with van der Waals surface area (Å²) in [5.41, 5.74) is 22.8. The van der Waals surface area contributed by atoms with Crippen molar-refractivity contribution in [1.82, 2.24) is 0 Å². The van der Waals surface area contributed by atoms with E-state index in [9.17, 15) is 0 Å². The maximum absolute atomic E-state index is 6.32. The Hall–Kier alpha value is -7.42. The highest BCUT2D eigenvalue weighted by Crippen LogP contribution is 2.55. The standard InChI is InChI=1S/C60H45NO/c1-59(2)51-23-11-6-20-49(51)58-48(21-15-24-52(58)59)45-18-8-13-26-55(45)61(41-32-28-38(29-33-41)39-30-35-47-46-19-9-14-27-56(46)62-57(47)37-39)54-25-12-7-16-42(54)40-31-34-44-43-17-5-10-22-50(43)60(3,4)53(44)36-40/h5-37H,1-4H3. The molecule has 12 rings (SSSR count). The van der Waals surface area contributed by atoms with Crippen LogP contribution >= 0.6 is 0 Å². The molecule has 0 aliphatic heterocycles. The smallest absolute Gasteiger partial charge is 0.136 e. The highest BCUT2D eigenvalue weighted by atomic mass is 16.3. The highest BCUT2D eigenvalue weighted by molar-refractivity contribution is 6.06. The van der Waals surface area contributed by atoms with Gasteiger partial charge in [-0.3, -0.25) is 0 Å². The normalized spacial score (nSPS) is 14.1. The second-order valence-corrected chi connectivity index (χ2v) is 18.1. The van der Waals surface area contributed by atoms with Gasteiger partial charge in [0, 0.05) is 38.4 Å². The van der Waals surface area contributed by atoms with Gasteiger partial charge in [0.25, 0.3) is 0 Å². The Morgan fingerprint density at radius 3 is 1.66 bits per heavy atom. The Kier molecular flexibility index (Phi) is 7.96. The van der Waals surface area contributed by atoms with Crippen LogP contribution in [0.2, 0.25) is 0 Å². The molecule has 62 heavy (non-hydrogen) atoms. The Bertz CT molecular complexity index is 3420. The molecule has 0 spiro atoms. The Labute approximate surface area is 363 Å². The molecule has 0 bridgehead atoms. The summed E-state index contributed by atoms with van der Waals surface area (Å²) >= 11 is 0. The SMILES string of the molecule is CC1(C)c2ccccc2-c2ccc(-c3ccccc3N(c3ccc(-c4ccc5c(c4)oc4ccccc45)cc3)c3ccccc3-c3cccc4c3-c3ccccc3C4(C)C)cc21. The monoisotopic (exact) mass is 795 g/mol. The second-order valence-electron chi connectivity index (χ2n) is 18.1. The minimum atomic E-state index is -0.109. The molecule has 0 saturated heterocycles. The van der Waals surface area contributed by atoms with Crippen LogP contribution in [0.4, 0.5) is 17.1 Å². The van der Waals surface area contributed by atoms with Gasteiger partial charge in [0.15, 0.2) is 0 Å². The van der Waals surface area contributed by atoms with Gasteiger partial charge in [-0.25, -0.2) is 0 Å². The van der Waals surface area contributed by atoms with Crippen LogP contribution in [0.5, 0.6) is 0 Å². The van der Waals surface area contributed by atoms with E-state index in [4.69, 9.17) is 4.42 Å². The first-order valence-corrected chi connectivity index (χ1v) is 21.8. The molecular weight excluding hydrogens is 751 g/mol. The third-order valence-corrected chi connectivity index (χ3v) is 13.9. The summed E-state index contributed by atoms with van der Waals surface area (Å²) in [5, 5.41) is 2.28. The van der Waals surface area contributed by atoms with E-state index in [0.717, 1.165) is 50.1 Å². The lowest BCUT2D eigenvalue weighted by Crippen LogP contribution is -2.15. The van der Waals surface area contributed by atoms with E-state index in [2.05, 4.69) is 221 Å². The summed E-state index contributed by atoms with van der Waals surface area (Å²) in [5.74, 6) is 0. The number of benzene rings is 9. The summed E-state index contributed by atoms with van der Waals surface area (Å²) in [6, 6.07) is 73.7. The van der Waals surface area contributed by atoms with Crippen molar-refractivity contribution in [2.75, 3.05) is 4.90 Å². The van der Waals surface area contributed by atoms with Crippen LogP contribution in [0.15, 0.2) is 205 Å². The van der Waals surface area contributed by atoms with Crippen molar-refractivity contribution in [2.45, 2.75) is 38.5 Å². The topological polar surface area (TPSA) is 16.4 Å². The molecule has 0 N–H and O–H groups in total. The van der Waals surface area contributed by atoms with Crippen LogP contribution in [0.1, 0.15) is 49.9 Å². The first-order valence-electron chi connectivity index (χ1n) is 21.8. The largest absolute Gasteiger partial charge is 0.456 e. The fourth-order valence-electron chi connectivity index (χ4n) is 10.8. The van der Waals surface area contributed by atoms with Crippen molar-refractivity contribution >= 4 is 39.0 Å². The first-order chi connectivity index (χ1) is 30.3. The van der Waals surface area contributed by atoms with Crippen molar-refractivity contribution < 1.29 is 4.42 Å². The van der Waals surface area contributed by atoms with Gasteiger partial charge < -0.3 is 9.32 Å². The molecule has 10 aromatic rings. The molecule has 2 aliphatic carbocycles. The van der Waals surface area contributed by atoms with Crippen LogP contribution in [-0.2, 0) is 10.8 Å². The van der Waals surface area contributed by atoms with Crippen LogP contribution in [0, 0.1) is 0 Å². The number of hydrogen-bond donors (Lipinski definition) is 0. The maximum Gasteiger partial charge on any atom is 0.136 e. The predicted molar refractivity (Wildman–Crippen MR) is 260 cm³/mol. The lowest BCUT2D eigenvalue weighted by Gasteiger charge is -2.31. The zero-order valence-electron chi connectivity index (χ0n) is 35.4. The Morgan fingerprint density at radius 1 is 0.339 bits per heavy atom. The summed E-state index contributed by atoms with van der Waals surface area (Å²) in [6.45, 7) is 9.45. The third kappa shape index (κ3) is 5.36. The Balaban J connectivity index is 1.05. The third-order valence-electron chi connectivity index (χ3n) is 13.9. The van der Waals surface area contributed by atoms with E-state index in [1.807, 2.05) is 12.1 Å². The molecule has 2 nitrogen and oxygen atoms in total. The first kappa shape index (κ1) is 36.4. The molecule has 9 aromatic carbocycles. The molecule has 1 aromatic heterocycles. The van der Waals surface area contributed by atoms with Crippen LogP contribution in [0.25, 0.3) is 77.6 Å². The van der Waals surface area contributed by atoms with Crippen molar-refractivity contribution in [1.29, 1.82) is 0 Å². The van der Waals surface area contributed by atoms with Crippen molar-refractivity contribution in [2.24, 2.45) is 0 Å². The van der Waals surface area contributed by atoms with Gasteiger partial charge in [-0.15, -0.1) is 0 Å². The summed E-state index contributed by atoms with van der Waals surface area (Å²) < 4.78 is 6.32. The molecule has 1 heterocycles. The van der Waals surface area contributed by atoms with Gasteiger partial charge in [-0.2, -0.15) is 0 Å². The molecule has 0 radical (unpaired) electrons. The van der Waals surface area contributed by atoms with Crippen molar-refractivity contribution in [3.63, 3.8) is 0 Å². The number of fused-ring (bicyclic) bond motifs is 9. The van der Waals surface area contributed by atoms with E-state index in [0.29, 0.717) is 0 Å². The number of para-hydroxylation sites is 3. The molecule has 0 unspecified atom stereocenters. The summed E-state index contributed by atoms with van der Waals surface area (Å²) in [7, 11) is 0. The van der Waals surface area contributed by atoms with Crippen molar-refractivity contribution in [3.8, 4) is 55.6 Å². The van der Waals surface area contributed by atoms with Gasteiger partial charge >= 0.3 is 0 Å². The molecular formula is C60H45NO. The molecule has 0 fully saturated rings. The van der Waals surface area contributed by atoms with E-state index in [-0.39, 0.29) is 10.8 Å². The van der Waals surface area contributed by atoms with E-state index < -0.39 is 0 Å². The van der Waals surface area contributed by atoms with Gasteiger partial charge in [0.1, 0.15) is 11.2 Å². The van der Waals surface area contributed by atoms with Crippen LogP contribution < -0.4 is 4.90 Å².